The van der Waals surface area contributed by atoms with Crippen molar-refractivity contribution in [2.75, 3.05) is 0 Å². The van der Waals surface area contributed by atoms with Crippen LogP contribution in [0.15, 0.2) is 24.3 Å². The lowest BCUT2D eigenvalue weighted by Crippen LogP contribution is -2.33. The summed E-state index contributed by atoms with van der Waals surface area (Å²) >= 11 is 0. The highest BCUT2D eigenvalue weighted by Gasteiger charge is 2.44. The number of hydrogen-bond acceptors (Lipinski definition) is 1. The first-order valence-corrected chi connectivity index (χ1v) is 12.3. The fourth-order valence-corrected chi connectivity index (χ4v) is 5.69. The fraction of sp³-hybridized carbons (Fsp3) is 0.769. The van der Waals surface area contributed by atoms with Crippen molar-refractivity contribution in [2.24, 2.45) is 17.8 Å². The van der Waals surface area contributed by atoms with E-state index < -0.39 is 12.5 Å². The SMILES string of the molecule is CCCC[C@@H]1CCC[C@@H](CCC2CCC(c3ccc(OC(F)(F)C(F)F)cc3)CC2)C1. The van der Waals surface area contributed by atoms with Crippen LogP contribution in [-0.2, 0) is 0 Å². The average Bonchev–Trinajstić information content (AvgIpc) is 2.77. The van der Waals surface area contributed by atoms with Gasteiger partial charge < -0.3 is 4.74 Å². The number of rotatable bonds is 10. The van der Waals surface area contributed by atoms with Crippen molar-refractivity contribution in [1.82, 2.24) is 0 Å². The zero-order chi connectivity index (χ0) is 22.3. The van der Waals surface area contributed by atoms with Gasteiger partial charge in [0.2, 0.25) is 0 Å². The quantitative estimate of drug-likeness (QED) is 0.329. The Labute approximate surface area is 184 Å². The normalized spacial score (nSPS) is 27.4. The maximum absolute atomic E-state index is 13.0. The zero-order valence-corrected chi connectivity index (χ0v) is 18.8. The van der Waals surface area contributed by atoms with Crippen molar-refractivity contribution in [3.63, 3.8) is 0 Å². The summed E-state index contributed by atoms with van der Waals surface area (Å²) in [6.07, 6.45) is 8.90. The Bertz CT molecular complexity index is 637. The number of benzene rings is 1. The molecule has 0 aromatic heterocycles. The Morgan fingerprint density at radius 1 is 0.871 bits per heavy atom. The summed E-state index contributed by atoms with van der Waals surface area (Å²) in [5.41, 5.74) is 1.09. The molecule has 2 saturated carbocycles. The van der Waals surface area contributed by atoms with Crippen LogP contribution < -0.4 is 4.74 Å². The Hall–Kier alpha value is -1.26. The van der Waals surface area contributed by atoms with Crippen LogP contribution in [0.1, 0.15) is 102 Å². The van der Waals surface area contributed by atoms with E-state index in [2.05, 4.69) is 11.7 Å². The van der Waals surface area contributed by atoms with E-state index >= 15 is 0 Å². The number of hydrogen-bond donors (Lipinski definition) is 0. The molecule has 3 rings (SSSR count). The maximum atomic E-state index is 13.0. The standard InChI is InChI=1S/C26H38F4O/c1-2-3-5-20-6-4-7-21(18-20)9-8-19-10-12-22(13-11-19)23-14-16-24(17-15-23)31-26(29,30)25(27)28/h14-17,19-22,25H,2-13,18H2,1H3/t19?,20-,21+,22?/m1/s1. The number of ether oxygens (including phenoxy) is 1. The Balaban J connectivity index is 1.39. The maximum Gasteiger partial charge on any atom is 0.461 e. The molecule has 0 bridgehead atoms. The van der Waals surface area contributed by atoms with Crippen LogP contribution in [0.3, 0.4) is 0 Å². The first kappa shape index (κ1) is 24.4. The summed E-state index contributed by atoms with van der Waals surface area (Å²) in [5, 5.41) is 0. The molecular formula is C26H38F4O. The van der Waals surface area contributed by atoms with E-state index in [9.17, 15) is 17.6 Å². The van der Waals surface area contributed by atoms with E-state index in [1.54, 1.807) is 12.1 Å². The van der Waals surface area contributed by atoms with Gasteiger partial charge in [-0.2, -0.15) is 17.6 Å². The van der Waals surface area contributed by atoms with Crippen LogP contribution in [0.25, 0.3) is 0 Å². The molecule has 0 heterocycles. The van der Waals surface area contributed by atoms with Crippen molar-refractivity contribution < 1.29 is 22.3 Å². The Morgan fingerprint density at radius 3 is 2.10 bits per heavy atom. The van der Waals surface area contributed by atoms with Crippen molar-refractivity contribution in [3.8, 4) is 5.75 Å². The molecule has 2 aliphatic carbocycles. The molecule has 0 unspecified atom stereocenters. The predicted octanol–water partition coefficient (Wildman–Crippen LogP) is 8.97. The van der Waals surface area contributed by atoms with Gasteiger partial charge in [0.15, 0.2) is 0 Å². The highest BCUT2D eigenvalue weighted by molar-refractivity contribution is 5.30. The zero-order valence-electron chi connectivity index (χ0n) is 18.8. The van der Waals surface area contributed by atoms with Crippen molar-refractivity contribution in [1.29, 1.82) is 0 Å². The summed E-state index contributed by atoms with van der Waals surface area (Å²) in [6, 6.07) is 6.27. The molecule has 2 aliphatic rings. The first-order valence-electron chi connectivity index (χ1n) is 12.3. The second-order valence-electron chi connectivity index (χ2n) is 9.87. The lowest BCUT2D eigenvalue weighted by atomic mass is 9.73. The van der Waals surface area contributed by atoms with E-state index in [1.807, 2.05) is 0 Å². The summed E-state index contributed by atoms with van der Waals surface area (Å²) in [4.78, 5) is 0. The molecule has 0 saturated heterocycles. The molecule has 1 aromatic rings. The van der Waals surface area contributed by atoms with Crippen LogP contribution in [-0.4, -0.2) is 12.5 Å². The van der Waals surface area contributed by atoms with Crippen LogP contribution in [0.4, 0.5) is 17.6 Å². The molecule has 0 radical (unpaired) electrons. The van der Waals surface area contributed by atoms with Gasteiger partial charge >= 0.3 is 12.5 Å². The first-order chi connectivity index (χ1) is 14.9. The minimum Gasteiger partial charge on any atom is -0.428 e. The Kier molecular flexibility index (Phi) is 9.09. The van der Waals surface area contributed by atoms with E-state index in [1.165, 1.54) is 82.8 Å². The van der Waals surface area contributed by atoms with Crippen LogP contribution in [0, 0.1) is 17.8 Å². The molecular weight excluding hydrogens is 404 g/mol. The van der Waals surface area contributed by atoms with Gasteiger partial charge in [0.05, 0.1) is 0 Å². The lowest BCUT2D eigenvalue weighted by Gasteiger charge is -2.32. The van der Waals surface area contributed by atoms with Gasteiger partial charge in [-0.15, -0.1) is 0 Å². The van der Waals surface area contributed by atoms with Gasteiger partial charge in [0, 0.05) is 0 Å². The van der Waals surface area contributed by atoms with Crippen LogP contribution >= 0.6 is 0 Å². The second kappa shape index (κ2) is 11.6. The third-order valence-electron chi connectivity index (χ3n) is 7.55. The van der Waals surface area contributed by atoms with Gasteiger partial charge in [-0.1, -0.05) is 70.4 Å². The molecule has 31 heavy (non-hydrogen) atoms. The third kappa shape index (κ3) is 7.39. The largest absolute Gasteiger partial charge is 0.461 e. The third-order valence-corrected chi connectivity index (χ3v) is 7.55. The van der Waals surface area contributed by atoms with Crippen molar-refractivity contribution >= 4 is 0 Å². The molecule has 0 N–H and O–H groups in total. The monoisotopic (exact) mass is 442 g/mol. The van der Waals surface area contributed by atoms with E-state index in [-0.39, 0.29) is 5.75 Å². The highest BCUT2D eigenvalue weighted by atomic mass is 19.3. The topological polar surface area (TPSA) is 9.23 Å². The van der Waals surface area contributed by atoms with Gasteiger partial charge in [-0.05, 0) is 73.5 Å². The predicted molar refractivity (Wildman–Crippen MR) is 117 cm³/mol. The molecule has 1 nitrogen and oxygen atoms in total. The van der Waals surface area contributed by atoms with E-state index in [0.717, 1.165) is 36.2 Å². The number of halogens is 4. The van der Waals surface area contributed by atoms with Gasteiger partial charge in [0.1, 0.15) is 5.75 Å². The molecule has 0 aliphatic heterocycles. The molecule has 2 fully saturated rings. The Morgan fingerprint density at radius 2 is 1.48 bits per heavy atom. The van der Waals surface area contributed by atoms with E-state index in [4.69, 9.17) is 0 Å². The minimum atomic E-state index is -4.45. The highest BCUT2D eigenvalue weighted by Crippen LogP contribution is 2.41. The minimum absolute atomic E-state index is 0.215. The molecule has 0 amide bonds. The molecule has 2 atom stereocenters. The number of alkyl halides is 4. The fourth-order valence-electron chi connectivity index (χ4n) is 5.69. The second-order valence-corrected chi connectivity index (χ2v) is 9.87. The van der Waals surface area contributed by atoms with Gasteiger partial charge in [-0.3, -0.25) is 0 Å². The summed E-state index contributed by atoms with van der Waals surface area (Å²) in [5.74, 6) is 2.90. The molecule has 5 heteroatoms. The van der Waals surface area contributed by atoms with Crippen molar-refractivity contribution in [2.45, 2.75) is 109 Å². The van der Waals surface area contributed by atoms with Crippen LogP contribution in [0.5, 0.6) is 5.75 Å². The average molecular weight is 443 g/mol. The van der Waals surface area contributed by atoms with E-state index in [0.29, 0.717) is 5.92 Å². The molecule has 1 aromatic carbocycles. The summed E-state index contributed by atoms with van der Waals surface area (Å²) < 4.78 is 54.8. The summed E-state index contributed by atoms with van der Waals surface area (Å²) in [6.45, 7) is 2.28. The lowest BCUT2D eigenvalue weighted by molar-refractivity contribution is -0.253. The number of unbranched alkanes of at least 4 members (excludes halogenated alkanes) is 1. The summed E-state index contributed by atoms with van der Waals surface area (Å²) in [7, 11) is 0. The van der Waals surface area contributed by atoms with Gasteiger partial charge in [-0.25, -0.2) is 0 Å². The molecule has 176 valence electrons. The van der Waals surface area contributed by atoms with Gasteiger partial charge in [0.25, 0.3) is 0 Å². The smallest absolute Gasteiger partial charge is 0.428 e. The molecule has 0 spiro atoms. The van der Waals surface area contributed by atoms with Crippen molar-refractivity contribution in [3.05, 3.63) is 29.8 Å². The van der Waals surface area contributed by atoms with Crippen LogP contribution in [0.2, 0.25) is 0 Å².